The third kappa shape index (κ3) is 4.97. The summed E-state index contributed by atoms with van der Waals surface area (Å²) in [4.78, 5) is 14.4. The molecule has 2 aromatic carbocycles. The number of hydrogen-bond acceptors (Lipinski definition) is 6. The number of benzene rings is 2. The Morgan fingerprint density at radius 3 is 2.79 bits per heavy atom. The standard InChI is InChI=1S/C19H14Cl2N4O3/c20-15-8-7-14(16(21)10-15)12-28-18-6-2-1-4-13(18)11-23-24-19-17(25(26)27)5-3-9-22-19/h1-11H,12H2,(H,22,24)/b23-11-. The third-order valence-electron chi connectivity index (χ3n) is 3.67. The van der Waals surface area contributed by atoms with Gasteiger partial charge in [-0.15, -0.1) is 0 Å². The zero-order valence-corrected chi connectivity index (χ0v) is 15.9. The molecular formula is C19H14Cl2N4O3. The lowest BCUT2D eigenvalue weighted by Gasteiger charge is -2.10. The summed E-state index contributed by atoms with van der Waals surface area (Å²) in [7, 11) is 0. The van der Waals surface area contributed by atoms with Crippen molar-refractivity contribution in [3.05, 3.63) is 92.1 Å². The number of para-hydroxylation sites is 1. The summed E-state index contributed by atoms with van der Waals surface area (Å²) in [6.07, 6.45) is 2.94. The molecule has 0 aliphatic heterocycles. The minimum Gasteiger partial charge on any atom is -0.488 e. The molecule has 3 aromatic rings. The highest BCUT2D eigenvalue weighted by Crippen LogP contribution is 2.24. The molecule has 0 unspecified atom stereocenters. The number of pyridine rings is 1. The number of hydrogen-bond donors (Lipinski definition) is 1. The van der Waals surface area contributed by atoms with Gasteiger partial charge in [-0.25, -0.2) is 4.98 Å². The molecule has 1 heterocycles. The van der Waals surface area contributed by atoms with Crippen molar-refractivity contribution in [2.24, 2.45) is 5.10 Å². The first-order valence-corrected chi connectivity index (χ1v) is 8.84. The molecule has 1 N–H and O–H groups in total. The molecule has 7 nitrogen and oxygen atoms in total. The zero-order valence-electron chi connectivity index (χ0n) is 14.4. The number of hydrazone groups is 1. The predicted molar refractivity (Wildman–Crippen MR) is 109 cm³/mol. The number of nitrogens with zero attached hydrogens (tertiary/aromatic N) is 3. The Hall–Kier alpha value is -3.16. The predicted octanol–water partition coefficient (Wildman–Crippen LogP) is 5.32. The van der Waals surface area contributed by atoms with Crippen molar-refractivity contribution in [3.8, 4) is 5.75 Å². The highest BCUT2D eigenvalue weighted by atomic mass is 35.5. The first kappa shape index (κ1) is 19.6. The maximum absolute atomic E-state index is 11.0. The van der Waals surface area contributed by atoms with Crippen LogP contribution in [0.3, 0.4) is 0 Å². The van der Waals surface area contributed by atoms with Gasteiger partial charge in [0.05, 0.1) is 11.1 Å². The molecule has 0 spiro atoms. The number of nitro groups is 1. The van der Waals surface area contributed by atoms with Crippen molar-refractivity contribution >= 4 is 40.9 Å². The molecular weight excluding hydrogens is 403 g/mol. The molecule has 3 rings (SSSR count). The molecule has 0 saturated carbocycles. The topological polar surface area (TPSA) is 89.7 Å². The van der Waals surface area contributed by atoms with E-state index in [1.165, 1.54) is 24.5 Å². The van der Waals surface area contributed by atoms with Gasteiger partial charge >= 0.3 is 5.69 Å². The first-order chi connectivity index (χ1) is 13.5. The second kappa shape index (κ2) is 9.16. The summed E-state index contributed by atoms with van der Waals surface area (Å²) in [6.45, 7) is 0.250. The van der Waals surface area contributed by atoms with Crippen LogP contribution in [0.25, 0.3) is 0 Å². The van der Waals surface area contributed by atoms with Crippen molar-refractivity contribution in [2.45, 2.75) is 6.61 Å². The van der Waals surface area contributed by atoms with E-state index < -0.39 is 4.92 Å². The van der Waals surface area contributed by atoms with Crippen LogP contribution in [0.2, 0.25) is 10.0 Å². The highest BCUT2D eigenvalue weighted by molar-refractivity contribution is 6.35. The Bertz CT molecular complexity index is 1030. The van der Waals surface area contributed by atoms with Gasteiger partial charge in [-0.2, -0.15) is 5.10 Å². The number of aromatic nitrogens is 1. The van der Waals surface area contributed by atoms with Crippen molar-refractivity contribution in [1.82, 2.24) is 4.98 Å². The number of anilines is 1. The second-order valence-electron chi connectivity index (χ2n) is 5.56. The number of ether oxygens (including phenoxy) is 1. The van der Waals surface area contributed by atoms with Crippen LogP contribution in [0, 0.1) is 10.1 Å². The van der Waals surface area contributed by atoms with E-state index in [9.17, 15) is 10.1 Å². The van der Waals surface area contributed by atoms with Gasteiger partial charge in [-0.3, -0.25) is 15.5 Å². The van der Waals surface area contributed by atoms with Gasteiger partial charge in [0.25, 0.3) is 0 Å². The fraction of sp³-hybridized carbons (Fsp3) is 0.0526. The molecule has 0 radical (unpaired) electrons. The average molecular weight is 417 g/mol. The minimum atomic E-state index is -0.530. The molecule has 0 aliphatic rings. The van der Waals surface area contributed by atoms with Gasteiger partial charge in [0, 0.05) is 33.4 Å². The van der Waals surface area contributed by atoms with E-state index in [4.69, 9.17) is 27.9 Å². The highest BCUT2D eigenvalue weighted by Gasteiger charge is 2.13. The monoisotopic (exact) mass is 416 g/mol. The Balaban J connectivity index is 1.72. The first-order valence-electron chi connectivity index (χ1n) is 8.09. The van der Waals surface area contributed by atoms with Crippen molar-refractivity contribution < 1.29 is 9.66 Å². The summed E-state index contributed by atoms with van der Waals surface area (Å²) >= 11 is 12.1. The summed E-state index contributed by atoms with van der Waals surface area (Å²) in [5, 5.41) is 16.1. The van der Waals surface area contributed by atoms with Gasteiger partial charge in [-0.1, -0.05) is 41.4 Å². The van der Waals surface area contributed by atoms with Crippen LogP contribution in [0.4, 0.5) is 11.5 Å². The molecule has 0 amide bonds. The van der Waals surface area contributed by atoms with Crippen LogP contribution < -0.4 is 10.2 Å². The van der Waals surface area contributed by atoms with Gasteiger partial charge in [0.2, 0.25) is 5.82 Å². The molecule has 142 valence electrons. The van der Waals surface area contributed by atoms with E-state index in [-0.39, 0.29) is 18.1 Å². The quantitative estimate of drug-likeness (QED) is 0.319. The number of nitrogens with one attached hydrogen (secondary N) is 1. The van der Waals surface area contributed by atoms with Crippen LogP contribution in [0.15, 0.2) is 65.9 Å². The molecule has 9 heteroatoms. The second-order valence-corrected chi connectivity index (χ2v) is 6.40. The molecule has 1 aromatic heterocycles. The Kier molecular flexibility index (Phi) is 6.41. The van der Waals surface area contributed by atoms with E-state index in [1.807, 2.05) is 12.1 Å². The summed E-state index contributed by atoms with van der Waals surface area (Å²) in [6, 6.07) is 15.3. The lowest BCUT2D eigenvalue weighted by Crippen LogP contribution is -2.01. The van der Waals surface area contributed by atoms with E-state index in [0.29, 0.717) is 21.4 Å². The van der Waals surface area contributed by atoms with Crippen molar-refractivity contribution in [2.75, 3.05) is 5.43 Å². The molecule has 0 atom stereocenters. The normalized spacial score (nSPS) is 10.8. The Labute approximate surface area is 170 Å². The fourth-order valence-corrected chi connectivity index (χ4v) is 2.77. The lowest BCUT2D eigenvalue weighted by molar-refractivity contribution is -0.384. The minimum absolute atomic E-state index is 0.0510. The Morgan fingerprint density at radius 1 is 1.18 bits per heavy atom. The fourth-order valence-electron chi connectivity index (χ4n) is 2.31. The van der Waals surface area contributed by atoms with Gasteiger partial charge in [0.1, 0.15) is 12.4 Å². The summed E-state index contributed by atoms with van der Waals surface area (Å²) in [5.74, 6) is 0.629. The molecule has 0 saturated heterocycles. The molecule has 28 heavy (non-hydrogen) atoms. The molecule has 0 bridgehead atoms. The lowest BCUT2D eigenvalue weighted by atomic mass is 10.2. The van der Waals surface area contributed by atoms with Crippen LogP contribution in [0.5, 0.6) is 5.75 Å². The summed E-state index contributed by atoms with van der Waals surface area (Å²) in [5.41, 5.74) is 3.89. The van der Waals surface area contributed by atoms with Crippen molar-refractivity contribution in [1.29, 1.82) is 0 Å². The van der Waals surface area contributed by atoms with Gasteiger partial charge in [0.15, 0.2) is 0 Å². The molecule has 0 aliphatic carbocycles. The van der Waals surface area contributed by atoms with Crippen molar-refractivity contribution in [3.63, 3.8) is 0 Å². The zero-order chi connectivity index (χ0) is 19.9. The SMILES string of the molecule is O=[N+]([O-])c1cccnc1N/N=C\c1ccccc1OCc1ccc(Cl)cc1Cl. The van der Waals surface area contributed by atoms with E-state index >= 15 is 0 Å². The summed E-state index contributed by atoms with van der Waals surface area (Å²) < 4.78 is 5.84. The molecule has 0 fully saturated rings. The maximum atomic E-state index is 11.0. The average Bonchev–Trinajstić information content (AvgIpc) is 2.68. The van der Waals surface area contributed by atoms with Crippen LogP contribution in [-0.4, -0.2) is 16.1 Å². The van der Waals surface area contributed by atoms with Crippen LogP contribution >= 0.6 is 23.2 Å². The largest absolute Gasteiger partial charge is 0.488 e. The third-order valence-corrected chi connectivity index (χ3v) is 4.26. The van der Waals surface area contributed by atoms with Gasteiger partial charge < -0.3 is 4.74 Å². The van der Waals surface area contributed by atoms with E-state index in [0.717, 1.165) is 5.56 Å². The number of halogens is 2. The van der Waals surface area contributed by atoms with Crippen LogP contribution in [-0.2, 0) is 6.61 Å². The van der Waals surface area contributed by atoms with E-state index in [1.54, 1.807) is 30.3 Å². The van der Waals surface area contributed by atoms with E-state index in [2.05, 4.69) is 15.5 Å². The smallest absolute Gasteiger partial charge is 0.313 e. The van der Waals surface area contributed by atoms with Crippen LogP contribution in [0.1, 0.15) is 11.1 Å². The number of rotatable bonds is 7. The maximum Gasteiger partial charge on any atom is 0.313 e. The van der Waals surface area contributed by atoms with Gasteiger partial charge in [-0.05, 0) is 30.3 Å². The Morgan fingerprint density at radius 2 is 2.00 bits per heavy atom.